The van der Waals surface area contributed by atoms with E-state index in [1.54, 1.807) is 41.5 Å². The first kappa shape index (κ1) is 33.6. The topological polar surface area (TPSA) is 78.9 Å². The van der Waals surface area contributed by atoms with Gasteiger partial charge in [-0.1, -0.05) is 41.5 Å². The molecule has 0 saturated carbocycles. The van der Waals surface area contributed by atoms with E-state index in [9.17, 15) is 15.3 Å². The molecule has 7 heteroatoms. The molecule has 0 spiro atoms. The molecule has 0 unspecified atom stereocenters. The monoisotopic (exact) mass is 523 g/mol. The van der Waals surface area contributed by atoms with Crippen molar-refractivity contribution >= 4 is 0 Å². The second kappa shape index (κ2) is 15.0. The minimum atomic E-state index is -0.802. The van der Waals surface area contributed by atoms with E-state index in [1.165, 1.54) is 0 Å². The molecule has 0 aliphatic carbocycles. The van der Waals surface area contributed by atoms with Gasteiger partial charge in [0.1, 0.15) is 0 Å². The van der Waals surface area contributed by atoms with Crippen molar-refractivity contribution in [2.75, 3.05) is 61.9 Å². The molecule has 0 fully saturated rings. The van der Waals surface area contributed by atoms with Crippen LogP contribution in [-0.2, 0) is 0 Å². The molecule has 0 radical (unpaired) electrons. The number of rotatable bonds is 6. The maximum Gasteiger partial charge on any atom is 3.00 e. The second-order valence-electron chi connectivity index (χ2n) is 8.99. The summed E-state index contributed by atoms with van der Waals surface area (Å²) in [4.78, 5) is 5.69. The van der Waals surface area contributed by atoms with Gasteiger partial charge in [0.25, 0.3) is 0 Å². The Hall–Kier alpha value is 0.994. The largest absolute Gasteiger partial charge is 3.00 e. The van der Waals surface area contributed by atoms with E-state index in [4.69, 9.17) is 0 Å². The van der Waals surface area contributed by atoms with Crippen molar-refractivity contribution in [2.24, 2.45) is 0 Å². The summed E-state index contributed by atoms with van der Waals surface area (Å²) in [6.45, 7) is 11.9. The molecule has 0 aliphatic heterocycles. The summed E-state index contributed by atoms with van der Waals surface area (Å²) in [5.41, 5.74) is -2.41. The first-order valence-electron chi connectivity index (χ1n) is 8.30. The van der Waals surface area contributed by atoms with Crippen molar-refractivity contribution in [3.63, 3.8) is 0 Å². The van der Waals surface area contributed by atoms with Gasteiger partial charge in [-0.3, -0.25) is 0 Å². The molecule has 0 aliphatic rings. The van der Waals surface area contributed by atoms with Crippen LogP contribution in [0.15, 0.2) is 0 Å². The van der Waals surface area contributed by atoms with E-state index in [0.717, 1.165) is 0 Å². The van der Waals surface area contributed by atoms with Crippen LogP contribution in [-0.4, -0.2) is 93.4 Å². The van der Waals surface area contributed by atoms with Gasteiger partial charge >= 0.3 is 36.9 Å². The molecule has 0 heterocycles. The molecular weight excluding hydrogens is 481 g/mol. The van der Waals surface area contributed by atoms with Crippen LogP contribution in [0.4, 0.5) is 0 Å². The van der Waals surface area contributed by atoms with Gasteiger partial charge in [0.15, 0.2) is 0 Å². The third-order valence-corrected chi connectivity index (χ3v) is 2.09. The number of nitrogens with zero attached hydrogens (tertiary/aromatic N) is 3. The third kappa shape index (κ3) is 51.7. The van der Waals surface area contributed by atoms with Gasteiger partial charge in [-0.15, -0.1) is 16.8 Å². The summed E-state index contributed by atoms with van der Waals surface area (Å²) in [6, 6.07) is 0. The summed E-state index contributed by atoms with van der Waals surface area (Å²) >= 11 is 0. The molecule has 0 aromatic carbocycles. The van der Waals surface area contributed by atoms with Crippen LogP contribution in [0.3, 0.4) is 0 Å². The Balaban J connectivity index is -0.000000130. The van der Waals surface area contributed by atoms with E-state index in [2.05, 4.69) is 0 Å². The van der Waals surface area contributed by atoms with E-state index >= 15 is 0 Å². The summed E-state index contributed by atoms with van der Waals surface area (Å²) < 4.78 is 0. The predicted octanol–water partition coefficient (Wildman–Crippen LogP) is -0.939. The Kier molecular flexibility index (Phi) is 20.1. The maximum absolute atomic E-state index is 10.9. The van der Waals surface area contributed by atoms with Gasteiger partial charge in [0.2, 0.25) is 0 Å². The molecule has 0 amide bonds. The SMILES string of the molecule is CN(C)CC(C)(C)[O-].CN(C)CC(C)(C)[O-].CN(C)CC(C)(C)[O-].[Lu+3]. The molecule has 25 heavy (non-hydrogen) atoms. The fourth-order valence-electron chi connectivity index (χ4n) is 2.28. The molecule has 162 valence electrons. The fourth-order valence-corrected chi connectivity index (χ4v) is 2.28. The van der Waals surface area contributed by atoms with Crippen molar-refractivity contribution in [3.05, 3.63) is 0 Å². The van der Waals surface area contributed by atoms with Gasteiger partial charge < -0.3 is 30.0 Å². The van der Waals surface area contributed by atoms with Crippen molar-refractivity contribution < 1.29 is 52.2 Å². The van der Waals surface area contributed by atoms with Crippen molar-refractivity contribution in [2.45, 2.75) is 58.3 Å². The van der Waals surface area contributed by atoms with Crippen LogP contribution in [0.2, 0.25) is 0 Å². The van der Waals surface area contributed by atoms with Gasteiger partial charge in [-0.25, -0.2) is 0 Å². The average Bonchev–Trinajstić information content (AvgIpc) is 2.04. The third-order valence-electron chi connectivity index (χ3n) is 2.09. The van der Waals surface area contributed by atoms with E-state index in [-0.39, 0.29) is 36.9 Å². The van der Waals surface area contributed by atoms with Crippen LogP contribution in [0.25, 0.3) is 0 Å². The molecule has 0 atom stereocenters. The summed E-state index contributed by atoms with van der Waals surface area (Å²) in [5.74, 6) is 0. The second-order valence-corrected chi connectivity index (χ2v) is 8.99. The van der Waals surface area contributed by atoms with E-state index < -0.39 is 16.8 Å². The quantitative estimate of drug-likeness (QED) is 0.448. The molecule has 0 aromatic heterocycles. The molecular formula is C18H42LuN3O3. The van der Waals surface area contributed by atoms with Crippen molar-refractivity contribution in [1.29, 1.82) is 0 Å². The Morgan fingerprint density at radius 1 is 0.480 bits per heavy atom. The maximum atomic E-state index is 10.9. The van der Waals surface area contributed by atoms with Gasteiger partial charge in [-0.2, -0.15) is 0 Å². The minimum Gasteiger partial charge on any atom is -0.849 e. The number of hydrogen-bond acceptors (Lipinski definition) is 6. The van der Waals surface area contributed by atoms with Crippen LogP contribution in [0.1, 0.15) is 41.5 Å². The molecule has 6 nitrogen and oxygen atoms in total. The van der Waals surface area contributed by atoms with Gasteiger partial charge in [0.05, 0.1) is 0 Å². The number of likely N-dealkylation sites (N-methyl/N-ethyl adjacent to an activating group) is 3. The first-order valence-corrected chi connectivity index (χ1v) is 8.30. The first-order chi connectivity index (χ1) is 10.2. The van der Waals surface area contributed by atoms with Gasteiger partial charge in [0, 0.05) is 0 Å². The fraction of sp³-hybridized carbons (Fsp3) is 1.00. The Morgan fingerprint density at radius 2 is 0.600 bits per heavy atom. The Morgan fingerprint density at radius 3 is 0.600 bits per heavy atom. The van der Waals surface area contributed by atoms with E-state index in [1.807, 2.05) is 57.0 Å². The summed E-state index contributed by atoms with van der Waals surface area (Å²) in [7, 11) is 11.4. The smallest absolute Gasteiger partial charge is 0.849 e. The van der Waals surface area contributed by atoms with Gasteiger partial charge in [-0.05, 0) is 61.9 Å². The summed E-state index contributed by atoms with van der Waals surface area (Å²) in [6.07, 6.45) is 0. The standard InChI is InChI=1S/3C6H14NO.Lu/c3*1-6(2,8)5-7(3)4;/h3*5H2,1-4H3;/q3*-1;+3. The molecule has 0 saturated heterocycles. The summed E-state index contributed by atoms with van der Waals surface area (Å²) in [5, 5.41) is 32.6. The van der Waals surface area contributed by atoms with E-state index in [0.29, 0.717) is 19.6 Å². The van der Waals surface area contributed by atoms with Crippen LogP contribution >= 0.6 is 0 Å². The molecule has 0 N–H and O–H groups in total. The zero-order valence-corrected chi connectivity index (χ0v) is 20.1. The zero-order chi connectivity index (χ0) is 20.4. The van der Waals surface area contributed by atoms with Crippen LogP contribution < -0.4 is 15.3 Å². The Labute approximate surface area is 186 Å². The molecule has 0 aromatic rings. The van der Waals surface area contributed by atoms with Crippen LogP contribution in [0.5, 0.6) is 0 Å². The normalized spacial score (nSPS) is 12.2. The number of hydrogen-bond donors (Lipinski definition) is 0. The predicted molar refractivity (Wildman–Crippen MR) is 97.9 cm³/mol. The average molecular weight is 524 g/mol. The van der Waals surface area contributed by atoms with Crippen LogP contribution in [0, 0.1) is 36.9 Å². The molecule has 0 bridgehead atoms. The Bertz CT molecular complexity index is 244. The zero-order valence-electron chi connectivity index (χ0n) is 18.4. The minimum absolute atomic E-state index is 0. The van der Waals surface area contributed by atoms with Crippen molar-refractivity contribution in [3.8, 4) is 0 Å². The van der Waals surface area contributed by atoms with Crippen molar-refractivity contribution in [1.82, 2.24) is 14.7 Å². The molecule has 0 rings (SSSR count).